The topological polar surface area (TPSA) is 121 Å². The summed E-state index contributed by atoms with van der Waals surface area (Å²) in [5.41, 5.74) is -0.682. The van der Waals surface area contributed by atoms with Crippen LogP contribution in [0.1, 0.15) is 41.8 Å². The molecule has 0 bridgehead atoms. The number of para-hydroxylation sites is 1. The number of carbonyl (C=O) groups excluding carboxylic acids is 1. The third-order valence-corrected chi connectivity index (χ3v) is 6.57. The van der Waals surface area contributed by atoms with E-state index in [1.807, 2.05) is 43.0 Å². The van der Waals surface area contributed by atoms with Crippen molar-refractivity contribution in [1.29, 1.82) is 0 Å². The van der Waals surface area contributed by atoms with E-state index in [9.17, 15) is 19.8 Å². The zero-order chi connectivity index (χ0) is 20.8. The second-order valence-corrected chi connectivity index (χ2v) is 8.55. The Morgan fingerprint density at radius 3 is 2.76 bits per heavy atom. The van der Waals surface area contributed by atoms with E-state index < -0.39 is 17.7 Å². The molecule has 0 saturated carbocycles. The average molecular weight is 415 g/mol. The van der Waals surface area contributed by atoms with Gasteiger partial charge in [-0.1, -0.05) is 31.2 Å². The molecular formula is C19H21N5O4S. The quantitative estimate of drug-likeness (QED) is 0.586. The number of likely N-dealkylation sites (tertiary alicyclic amines) is 1. The van der Waals surface area contributed by atoms with E-state index in [1.54, 1.807) is 0 Å². The molecule has 0 radical (unpaired) electrons. The maximum absolute atomic E-state index is 12.5. The molecule has 2 aromatic heterocycles. The number of aromatic carboxylic acids is 1. The van der Waals surface area contributed by atoms with E-state index in [2.05, 4.69) is 10.3 Å². The molecule has 4 rings (SSSR count). The van der Waals surface area contributed by atoms with Crippen LogP contribution in [-0.4, -0.2) is 60.0 Å². The lowest BCUT2D eigenvalue weighted by atomic mass is 9.94. The molecule has 3 atom stereocenters. The van der Waals surface area contributed by atoms with Gasteiger partial charge in [0, 0.05) is 6.54 Å². The first-order valence-electron chi connectivity index (χ1n) is 9.29. The number of aliphatic hydroxyl groups excluding tert-OH is 1. The second-order valence-electron chi connectivity index (χ2n) is 7.49. The van der Waals surface area contributed by atoms with E-state index in [1.165, 1.54) is 22.2 Å². The number of aldehydes is 1. The fourth-order valence-corrected chi connectivity index (χ4v) is 5.09. The number of benzene rings is 1. The number of carboxylic acids is 1. The number of carbonyl (C=O) groups is 2. The first-order chi connectivity index (χ1) is 13.9. The SMILES string of the molecule is CC(C)[C@](C=O)(N1C[C@H](O)C[C@H]1c1nc2ccccc2s1)n1cc(C(=O)O)nn1. The zero-order valence-electron chi connectivity index (χ0n) is 16.0. The first-order valence-corrected chi connectivity index (χ1v) is 10.1. The number of β-amino-alcohol motifs (C(OH)–C–C–N with tert-alkyl or cyclic N) is 1. The molecule has 1 aliphatic heterocycles. The van der Waals surface area contributed by atoms with Crippen molar-refractivity contribution in [2.75, 3.05) is 6.54 Å². The lowest BCUT2D eigenvalue weighted by Gasteiger charge is -2.42. The fraction of sp³-hybridized carbons (Fsp3) is 0.421. The number of hydrogen-bond acceptors (Lipinski definition) is 8. The first kappa shape index (κ1) is 19.6. The molecule has 2 N–H and O–H groups in total. The molecule has 1 fully saturated rings. The van der Waals surface area contributed by atoms with Crippen LogP contribution >= 0.6 is 11.3 Å². The van der Waals surface area contributed by atoms with Crippen LogP contribution in [-0.2, 0) is 10.5 Å². The van der Waals surface area contributed by atoms with Gasteiger partial charge in [0.05, 0.1) is 28.6 Å². The Labute approximate surface area is 170 Å². The third kappa shape index (κ3) is 3.13. The van der Waals surface area contributed by atoms with Crippen LogP contribution in [0, 0.1) is 5.92 Å². The molecule has 0 aliphatic carbocycles. The lowest BCUT2D eigenvalue weighted by molar-refractivity contribution is -0.134. The molecule has 1 saturated heterocycles. The van der Waals surface area contributed by atoms with Gasteiger partial charge in [0.25, 0.3) is 0 Å². The summed E-state index contributed by atoms with van der Waals surface area (Å²) >= 11 is 1.52. The van der Waals surface area contributed by atoms with Gasteiger partial charge in [-0.3, -0.25) is 9.69 Å². The smallest absolute Gasteiger partial charge is 0.358 e. The van der Waals surface area contributed by atoms with Gasteiger partial charge in [-0.05, 0) is 24.5 Å². The Morgan fingerprint density at radius 2 is 2.14 bits per heavy atom. The van der Waals surface area contributed by atoms with Crippen molar-refractivity contribution < 1.29 is 19.8 Å². The number of thiazole rings is 1. The molecule has 29 heavy (non-hydrogen) atoms. The molecule has 0 amide bonds. The van der Waals surface area contributed by atoms with Crippen molar-refractivity contribution >= 4 is 33.8 Å². The van der Waals surface area contributed by atoms with E-state index in [-0.39, 0.29) is 24.2 Å². The molecule has 9 nitrogen and oxygen atoms in total. The Morgan fingerprint density at radius 1 is 1.38 bits per heavy atom. The van der Waals surface area contributed by atoms with Gasteiger partial charge in [0.1, 0.15) is 5.01 Å². The summed E-state index contributed by atoms with van der Waals surface area (Å²) in [6.07, 6.45) is 1.79. The molecule has 3 aromatic rings. The minimum Gasteiger partial charge on any atom is -0.476 e. The monoisotopic (exact) mass is 415 g/mol. The maximum atomic E-state index is 12.5. The van der Waals surface area contributed by atoms with Crippen LogP contribution in [0.4, 0.5) is 0 Å². The molecule has 0 spiro atoms. The molecular weight excluding hydrogens is 394 g/mol. The van der Waals surface area contributed by atoms with Crippen LogP contribution in [0.2, 0.25) is 0 Å². The van der Waals surface area contributed by atoms with Crippen LogP contribution in [0.5, 0.6) is 0 Å². The Hall–Kier alpha value is -2.69. The van der Waals surface area contributed by atoms with Gasteiger partial charge in [0.2, 0.25) is 0 Å². The third-order valence-electron chi connectivity index (χ3n) is 5.44. The van der Waals surface area contributed by atoms with Crippen LogP contribution in [0.3, 0.4) is 0 Å². The predicted octanol–water partition coefficient (Wildman–Crippen LogP) is 1.90. The maximum Gasteiger partial charge on any atom is 0.358 e. The molecule has 1 aliphatic rings. The van der Waals surface area contributed by atoms with Crippen molar-refractivity contribution in [1.82, 2.24) is 24.9 Å². The Kier molecular flexibility index (Phi) is 4.93. The van der Waals surface area contributed by atoms with Gasteiger partial charge in [-0.15, -0.1) is 16.4 Å². The van der Waals surface area contributed by atoms with Crippen LogP contribution in [0.15, 0.2) is 30.5 Å². The highest BCUT2D eigenvalue weighted by molar-refractivity contribution is 7.18. The predicted molar refractivity (Wildman–Crippen MR) is 106 cm³/mol. The zero-order valence-corrected chi connectivity index (χ0v) is 16.8. The fourth-order valence-electron chi connectivity index (χ4n) is 4.00. The van der Waals surface area contributed by atoms with Crippen molar-refractivity contribution in [2.45, 2.75) is 38.1 Å². The van der Waals surface area contributed by atoms with Gasteiger partial charge < -0.3 is 10.2 Å². The number of nitrogens with zero attached hydrogens (tertiary/aromatic N) is 5. The highest BCUT2D eigenvalue weighted by Crippen LogP contribution is 2.44. The summed E-state index contributed by atoms with van der Waals surface area (Å²) in [4.78, 5) is 30.4. The van der Waals surface area contributed by atoms with E-state index in [0.717, 1.165) is 21.5 Å². The number of fused-ring (bicyclic) bond motifs is 1. The number of rotatable bonds is 6. The van der Waals surface area contributed by atoms with Crippen molar-refractivity contribution in [3.8, 4) is 0 Å². The summed E-state index contributed by atoms with van der Waals surface area (Å²) in [5, 5.41) is 28.1. The minimum atomic E-state index is -1.30. The normalized spacial score (nSPS) is 22.2. The highest BCUT2D eigenvalue weighted by atomic mass is 32.1. The van der Waals surface area contributed by atoms with Crippen molar-refractivity contribution in [3.63, 3.8) is 0 Å². The van der Waals surface area contributed by atoms with Crippen molar-refractivity contribution in [3.05, 3.63) is 41.2 Å². The number of aliphatic hydroxyl groups is 1. The van der Waals surface area contributed by atoms with Gasteiger partial charge in [-0.25, -0.2) is 14.5 Å². The standard InChI is InChI=1S/C19H21N5O4S/c1-11(2)19(10-25,24-9-14(18(27)28)21-22-24)23-8-12(26)7-15(23)17-20-13-5-3-4-6-16(13)29-17/h3-6,9-12,15,26H,7-8H2,1-2H3,(H,27,28)/t12-,15+,19-/m1/s1. The van der Waals surface area contributed by atoms with E-state index in [4.69, 9.17) is 4.98 Å². The Bertz CT molecular complexity index is 1030. The summed E-state index contributed by atoms with van der Waals surface area (Å²) in [5.74, 6) is -1.49. The minimum absolute atomic E-state index is 0.236. The van der Waals surface area contributed by atoms with Gasteiger partial charge in [-0.2, -0.15) is 0 Å². The van der Waals surface area contributed by atoms with Crippen molar-refractivity contribution in [2.24, 2.45) is 5.92 Å². The lowest BCUT2D eigenvalue weighted by Crippen LogP contribution is -2.56. The van der Waals surface area contributed by atoms with Crippen LogP contribution in [0.25, 0.3) is 10.2 Å². The van der Waals surface area contributed by atoms with Gasteiger partial charge in [0.15, 0.2) is 17.6 Å². The van der Waals surface area contributed by atoms with Gasteiger partial charge >= 0.3 is 5.97 Å². The largest absolute Gasteiger partial charge is 0.476 e. The van der Waals surface area contributed by atoms with E-state index in [0.29, 0.717) is 6.42 Å². The number of hydrogen-bond donors (Lipinski definition) is 2. The summed E-state index contributed by atoms with van der Waals surface area (Å²) in [7, 11) is 0. The summed E-state index contributed by atoms with van der Waals surface area (Å²) in [6.45, 7) is 3.95. The number of aromatic nitrogens is 4. The highest BCUT2D eigenvalue weighted by Gasteiger charge is 2.51. The number of carboxylic acid groups (broad SMARTS) is 1. The average Bonchev–Trinajstić information content (AvgIpc) is 3.40. The molecule has 3 heterocycles. The Balaban J connectivity index is 1.83. The molecule has 0 unspecified atom stereocenters. The summed E-state index contributed by atoms with van der Waals surface area (Å²) < 4.78 is 2.32. The second kappa shape index (κ2) is 7.29. The van der Waals surface area contributed by atoms with Crippen LogP contribution < -0.4 is 0 Å². The summed E-state index contributed by atoms with van der Waals surface area (Å²) in [6, 6.07) is 7.46. The molecule has 10 heteroatoms. The molecule has 1 aromatic carbocycles. The molecule has 152 valence electrons. The van der Waals surface area contributed by atoms with E-state index >= 15 is 0 Å².